The molecule has 0 saturated heterocycles. The van der Waals surface area contributed by atoms with Crippen LogP contribution in [0.2, 0.25) is 0 Å². The largest absolute Gasteiger partial charge is 0.492 e. The quantitative estimate of drug-likeness (QED) is 0.720. The second-order valence-electron chi connectivity index (χ2n) is 7.28. The smallest absolute Gasteiger partial charge is 0.308 e. The third-order valence-corrected chi connectivity index (χ3v) is 5.07. The maximum Gasteiger partial charge on any atom is 0.308 e. The Morgan fingerprint density at radius 2 is 2.07 bits per heavy atom. The topological polar surface area (TPSA) is 38.8 Å². The molecule has 2 aromatic carbocycles. The van der Waals surface area contributed by atoms with E-state index in [2.05, 4.69) is 42.2 Å². The van der Waals surface area contributed by atoms with Crippen LogP contribution in [0.1, 0.15) is 36.1 Å². The molecule has 1 heterocycles. The van der Waals surface area contributed by atoms with Gasteiger partial charge in [-0.3, -0.25) is 9.69 Å². The number of esters is 1. The average molecular weight is 367 g/mol. The summed E-state index contributed by atoms with van der Waals surface area (Å²) in [6, 6.07) is 14.8. The van der Waals surface area contributed by atoms with Gasteiger partial charge in [-0.1, -0.05) is 43.3 Å². The summed E-state index contributed by atoms with van der Waals surface area (Å²) in [4.78, 5) is 14.4. The molecule has 0 N–H and O–H groups in total. The highest BCUT2D eigenvalue weighted by Crippen LogP contribution is 2.24. The van der Waals surface area contributed by atoms with Crippen LogP contribution in [-0.2, 0) is 29.0 Å². The van der Waals surface area contributed by atoms with E-state index in [1.165, 1.54) is 22.3 Å². The highest BCUT2D eigenvalue weighted by molar-refractivity contribution is 5.72. The Bertz CT molecular complexity index is 787. The van der Waals surface area contributed by atoms with Crippen molar-refractivity contribution < 1.29 is 14.3 Å². The molecule has 1 atom stereocenters. The molecule has 0 saturated carbocycles. The molecule has 1 unspecified atom stereocenters. The number of carbonyl (C=O) groups excluding carboxylic acids is 1. The van der Waals surface area contributed by atoms with Gasteiger partial charge in [-0.2, -0.15) is 0 Å². The van der Waals surface area contributed by atoms with Crippen molar-refractivity contribution in [1.82, 2.24) is 4.90 Å². The van der Waals surface area contributed by atoms with Crippen molar-refractivity contribution in [3.8, 4) is 5.75 Å². The lowest BCUT2D eigenvalue weighted by Crippen LogP contribution is -2.25. The van der Waals surface area contributed by atoms with Gasteiger partial charge in [0.2, 0.25) is 0 Å². The van der Waals surface area contributed by atoms with Crippen LogP contribution in [0.3, 0.4) is 0 Å². The van der Waals surface area contributed by atoms with E-state index in [4.69, 9.17) is 9.47 Å². The molecule has 0 fully saturated rings. The van der Waals surface area contributed by atoms with E-state index >= 15 is 0 Å². The molecule has 0 spiro atoms. The van der Waals surface area contributed by atoms with E-state index in [-0.39, 0.29) is 11.9 Å². The molecule has 144 valence electrons. The zero-order chi connectivity index (χ0) is 19.2. The average Bonchev–Trinajstić information content (AvgIpc) is 2.86. The first-order chi connectivity index (χ1) is 13.1. The van der Waals surface area contributed by atoms with Gasteiger partial charge >= 0.3 is 5.97 Å². The van der Waals surface area contributed by atoms with Gasteiger partial charge in [0.15, 0.2) is 0 Å². The van der Waals surface area contributed by atoms with E-state index in [9.17, 15) is 4.79 Å². The number of nitrogens with zero attached hydrogens (tertiary/aromatic N) is 1. The maximum atomic E-state index is 11.9. The third kappa shape index (κ3) is 5.10. The first-order valence-electron chi connectivity index (χ1n) is 9.75. The normalized spacial score (nSPS) is 15.4. The fraction of sp³-hybridized carbons (Fsp3) is 0.435. The monoisotopic (exact) mass is 367 g/mol. The molecular formula is C23H29NO3. The van der Waals surface area contributed by atoms with E-state index in [0.717, 1.165) is 25.4 Å². The lowest BCUT2D eigenvalue weighted by atomic mass is 9.97. The molecule has 0 aromatic heterocycles. The molecule has 27 heavy (non-hydrogen) atoms. The Hall–Kier alpha value is -2.33. The molecule has 0 amide bonds. The van der Waals surface area contributed by atoms with Crippen LogP contribution in [0.5, 0.6) is 5.75 Å². The second-order valence-corrected chi connectivity index (χ2v) is 7.28. The fourth-order valence-electron chi connectivity index (χ4n) is 3.50. The summed E-state index contributed by atoms with van der Waals surface area (Å²) in [6.07, 6.45) is 0.706. The van der Waals surface area contributed by atoms with E-state index in [1.807, 2.05) is 26.0 Å². The van der Waals surface area contributed by atoms with E-state index in [0.29, 0.717) is 19.6 Å². The van der Waals surface area contributed by atoms with Crippen LogP contribution >= 0.6 is 0 Å². The molecule has 1 aliphatic rings. The molecule has 3 rings (SSSR count). The molecule has 4 nitrogen and oxygen atoms in total. The molecule has 0 aliphatic carbocycles. The number of benzene rings is 2. The van der Waals surface area contributed by atoms with Crippen LogP contribution in [0.25, 0.3) is 0 Å². The Balaban J connectivity index is 1.70. The predicted octanol–water partition coefficient (Wildman–Crippen LogP) is 4.13. The molecule has 1 aliphatic heterocycles. The lowest BCUT2D eigenvalue weighted by Gasteiger charge is -2.21. The van der Waals surface area contributed by atoms with Crippen LogP contribution in [0.15, 0.2) is 42.5 Å². The molecular weight excluding hydrogens is 338 g/mol. The number of aryl methyl sites for hydroxylation is 1. The molecule has 4 heteroatoms. The van der Waals surface area contributed by atoms with Crippen LogP contribution in [0, 0.1) is 12.8 Å². The number of hydrogen-bond acceptors (Lipinski definition) is 4. The number of rotatable bonds is 6. The van der Waals surface area contributed by atoms with Gasteiger partial charge in [0.25, 0.3) is 0 Å². The lowest BCUT2D eigenvalue weighted by molar-refractivity contribution is -0.147. The van der Waals surface area contributed by atoms with Crippen LogP contribution in [-0.4, -0.2) is 30.6 Å². The van der Waals surface area contributed by atoms with Gasteiger partial charge in [0, 0.05) is 25.2 Å². The van der Waals surface area contributed by atoms with Gasteiger partial charge in [0.05, 0.1) is 12.5 Å². The van der Waals surface area contributed by atoms with Gasteiger partial charge in [-0.05, 0) is 43.0 Å². The van der Waals surface area contributed by atoms with Gasteiger partial charge < -0.3 is 9.47 Å². The third-order valence-electron chi connectivity index (χ3n) is 5.07. The van der Waals surface area contributed by atoms with Crippen LogP contribution in [0.4, 0.5) is 0 Å². The van der Waals surface area contributed by atoms with Gasteiger partial charge in [-0.25, -0.2) is 0 Å². The maximum absolute atomic E-state index is 11.9. The van der Waals surface area contributed by atoms with Crippen molar-refractivity contribution >= 4 is 5.97 Å². The Morgan fingerprint density at radius 3 is 2.89 bits per heavy atom. The minimum Gasteiger partial charge on any atom is -0.492 e. The van der Waals surface area contributed by atoms with Crippen molar-refractivity contribution in [2.45, 2.75) is 40.3 Å². The first kappa shape index (κ1) is 19.4. The predicted molar refractivity (Wildman–Crippen MR) is 107 cm³/mol. The number of fused-ring (bicyclic) bond motifs is 1. The summed E-state index contributed by atoms with van der Waals surface area (Å²) in [5.41, 5.74) is 5.01. The summed E-state index contributed by atoms with van der Waals surface area (Å²) < 4.78 is 11.0. The summed E-state index contributed by atoms with van der Waals surface area (Å²) in [7, 11) is 0. The van der Waals surface area contributed by atoms with Crippen molar-refractivity contribution in [2.24, 2.45) is 5.92 Å². The van der Waals surface area contributed by atoms with Crippen LogP contribution < -0.4 is 4.74 Å². The summed E-state index contributed by atoms with van der Waals surface area (Å²) in [6.45, 7) is 9.73. The highest BCUT2D eigenvalue weighted by atomic mass is 16.5. The Morgan fingerprint density at radius 1 is 1.26 bits per heavy atom. The first-order valence-corrected chi connectivity index (χ1v) is 9.75. The SMILES string of the molecule is CCOC(=O)C(C)Cc1ccc(C)c(CN2CCOc3ccccc3C2)c1. The summed E-state index contributed by atoms with van der Waals surface area (Å²) >= 11 is 0. The zero-order valence-electron chi connectivity index (χ0n) is 16.5. The van der Waals surface area contributed by atoms with E-state index < -0.39 is 0 Å². The molecule has 0 bridgehead atoms. The van der Waals surface area contributed by atoms with Gasteiger partial charge in [-0.15, -0.1) is 0 Å². The van der Waals surface area contributed by atoms with Gasteiger partial charge in [0.1, 0.15) is 12.4 Å². The van der Waals surface area contributed by atoms with Crippen molar-refractivity contribution in [3.05, 3.63) is 64.7 Å². The standard InChI is InChI=1S/C23H29NO3/c1-4-26-23(25)18(3)13-19-10-9-17(2)21(14-19)16-24-11-12-27-22-8-6-5-7-20(22)15-24/h5-10,14,18H,4,11-13,15-16H2,1-3H3. The summed E-state index contributed by atoms with van der Waals surface area (Å²) in [5.74, 6) is 0.744. The van der Waals surface area contributed by atoms with Crippen molar-refractivity contribution in [1.29, 1.82) is 0 Å². The zero-order valence-corrected chi connectivity index (χ0v) is 16.5. The minimum absolute atomic E-state index is 0.124. The van der Waals surface area contributed by atoms with Crippen molar-refractivity contribution in [3.63, 3.8) is 0 Å². The number of carbonyl (C=O) groups is 1. The number of ether oxygens (including phenoxy) is 2. The van der Waals surface area contributed by atoms with E-state index in [1.54, 1.807) is 0 Å². The molecule has 2 aromatic rings. The minimum atomic E-state index is -0.126. The summed E-state index contributed by atoms with van der Waals surface area (Å²) in [5, 5.41) is 0. The Kier molecular flexibility index (Phi) is 6.51. The van der Waals surface area contributed by atoms with Crippen molar-refractivity contribution in [2.75, 3.05) is 19.8 Å². The number of hydrogen-bond donors (Lipinski definition) is 0. The Labute approximate surface area is 162 Å². The molecule has 0 radical (unpaired) electrons. The highest BCUT2D eigenvalue weighted by Gasteiger charge is 2.18. The second kappa shape index (κ2) is 9.05. The number of para-hydroxylation sites is 1. The fourth-order valence-corrected chi connectivity index (χ4v) is 3.50.